The molecule has 0 saturated heterocycles. The SMILES string of the molecule is COc1cc(/C=N/NC(=O)CN(c2ccc(C)cc2)S(C)(=O)=O)cc(Br)c1OCc1ccc(Cl)cc1Cl. The summed E-state index contributed by atoms with van der Waals surface area (Å²) in [5.74, 6) is 0.277. The molecule has 0 radical (unpaired) electrons. The number of carbonyl (C=O) groups excluding carboxylic acids is 1. The third-order valence-corrected chi connectivity index (χ3v) is 7.37. The molecule has 0 spiro atoms. The number of nitrogens with one attached hydrogen (secondary N) is 1. The molecule has 0 bridgehead atoms. The predicted octanol–water partition coefficient (Wildman–Crippen LogP) is 5.57. The first-order chi connectivity index (χ1) is 17.5. The maximum absolute atomic E-state index is 12.4. The van der Waals surface area contributed by atoms with E-state index < -0.39 is 22.5 Å². The summed E-state index contributed by atoms with van der Waals surface area (Å²) in [5.41, 5.74) is 5.06. The lowest BCUT2D eigenvalue weighted by Gasteiger charge is -2.21. The average molecular weight is 629 g/mol. The first-order valence-electron chi connectivity index (χ1n) is 10.8. The number of halogens is 3. The highest BCUT2D eigenvalue weighted by Crippen LogP contribution is 2.37. The maximum atomic E-state index is 12.4. The molecule has 0 aromatic heterocycles. The van der Waals surface area contributed by atoms with Crippen LogP contribution in [-0.4, -0.2) is 40.4 Å². The highest BCUT2D eigenvalue weighted by Gasteiger charge is 2.20. The molecular weight excluding hydrogens is 605 g/mol. The van der Waals surface area contributed by atoms with Gasteiger partial charge in [-0.25, -0.2) is 13.8 Å². The van der Waals surface area contributed by atoms with Gasteiger partial charge in [0, 0.05) is 15.6 Å². The van der Waals surface area contributed by atoms with Crippen LogP contribution in [-0.2, 0) is 21.4 Å². The summed E-state index contributed by atoms with van der Waals surface area (Å²) < 4.78 is 37.4. The zero-order valence-corrected chi connectivity index (χ0v) is 24.1. The molecule has 1 N–H and O–H groups in total. The fourth-order valence-electron chi connectivity index (χ4n) is 3.20. The molecule has 8 nitrogen and oxygen atoms in total. The van der Waals surface area contributed by atoms with Crippen molar-refractivity contribution in [2.45, 2.75) is 13.5 Å². The van der Waals surface area contributed by atoms with E-state index in [2.05, 4.69) is 26.5 Å². The molecule has 196 valence electrons. The molecule has 12 heteroatoms. The number of hydrazone groups is 1. The zero-order valence-electron chi connectivity index (χ0n) is 20.2. The summed E-state index contributed by atoms with van der Waals surface area (Å²) in [5, 5.41) is 4.97. The van der Waals surface area contributed by atoms with Crippen LogP contribution in [0.2, 0.25) is 10.0 Å². The summed E-state index contributed by atoms with van der Waals surface area (Å²) in [6, 6.07) is 15.4. The minimum absolute atomic E-state index is 0.187. The van der Waals surface area contributed by atoms with Gasteiger partial charge in [0.15, 0.2) is 11.5 Å². The quantitative estimate of drug-likeness (QED) is 0.234. The van der Waals surface area contributed by atoms with Crippen LogP contribution in [0.15, 0.2) is 64.2 Å². The van der Waals surface area contributed by atoms with Gasteiger partial charge in [0.25, 0.3) is 5.91 Å². The topological polar surface area (TPSA) is 97.3 Å². The number of sulfonamides is 1. The molecule has 0 fully saturated rings. The average Bonchev–Trinajstić information content (AvgIpc) is 2.82. The number of hydrogen-bond acceptors (Lipinski definition) is 6. The number of aryl methyl sites for hydroxylation is 1. The minimum Gasteiger partial charge on any atom is -0.493 e. The van der Waals surface area contributed by atoms with E-state index in [9.17, 15) is 13.2 Å². The summed E-state index contributed by atoms with van der Waals surface area (Å²) >= 11 is 15.6. The highest BCUT2D eigenvalue weighted by atomic mass is 79.9. The van der Waals surface area contributed by atoms with Crippen molar-refractivity contribution in [1.82, 2.24) is 5.43 Å². The maximum Gasteiger partial charge on any atom is 0.260 e. The number of rotatable bonds is 10. The molecule has 0 saturated carbocycles. The van der Waals surface area contributed by atoms with E-state index in [1.54, 1.807) is 54.6 Å². The summed E-state index contributed by atoms with van der Waals surface area (Å²) in [6.45, 7) is 1.65. The molecule has 3 aromatic carbocycles. The van der Waals surface area contributed by atoms with Gasteiger partial charge in [0.1, 0.15) is 13.2 Å². The fourth-order valence-corrected chi connectivity index (χ4v) is 5.09. The minimum atomic E-state index is -3.68. The van der Waals surface area contributed by atoms with E-state index in [-0.39, 0.29) is 6.61 Å². The van der Waals surface area contributed by atoms with E-state index in [1.807, 2.05) is 6.92 Å². The molecule has 3 rings (SSSR count). The molecule has 3 aromatic rings. The van der Waals surface area contributed by atoms with E-state index >= 15 is 0 Å². The standard InChI is InChI=1S/C25H24BrCl2N3O5S/c1-16-4-8-20(9-5-16)31(37(3,33)34)14-24(32)30-29-13-17-10-21(26)25(23(11-17)35-2)36-15-18-6-7-19(27)12-22(18)28/h4-13H,14-15H2,1-3H3,(H,30,32)/b29-13+. The number of benzene rings is 3. The molecule has 0 aliphatic rings. The number of ether oxygens (including phenoxy) is 2. The van der Waals surface area contributed by atoms with Gasteiger partial charge in [-0.1, -0.05) is 47.0 Å². The lowest BCUT2D eigenvalue weighted by atomic mass is 10.2. The monoisotopic (exact) mass is 627 g/mol. The number of nitrogens with zero attached hydrogens (tertiary/aromatic N) is 2. The zero-order chi connectivity index (χ0) is 27.2. The number of methoxy groups -OCH3 is 1. The van der Waals surface area contributed by atoms with Crippen LogP contribution in [0, 0.1) is 6.92 Å². The van der Waals surface area contributed by atoms with E-state index in [0.717, 1.165) is 21.7 Å². The van der Waals surface area contributed by atoms with Crippen molar-refractivity contribution in [3.8, 4) is 11.5 Å². The van der Waals surface area contributed by atoms with Crippen LogP contribution in [0.25, 0.3) is 0 Å². The van der Waals surface area contributed by atoms with Crippen LogP contribution in [0.3, 0.4) is 0 Å². The van der Waals surface area contributed by atoms with E-state index in [1.165, 1.54) is 13.3 Å². The predicted molar refractivity (Wildman–Crippen MR) is 151 cm³/mol. The molecular formula is C25H24BrCl2N3O5S. The lowest BCUT2D eigenvalue weighted by Crippen LogP contribution is -2.39. The Kier molecular flexibility index (Phi) is 9.83. The first kappa shape index (κ1) is 28.8. The van der Waals surface area contributed by atoms with Crippen molar-refractivity contribution in [3.63, 3.8) is 0 Å². The van der Waals surface area contributed by atoms with Crippen LogP contribution < -0.4 is 19.2 Å². The first-order valence-corrected chi connectivity index (χ1v) is 14.2. The second-order valence-corrected chi connectivity index (χ2v) is 11.6. The molecule has 0 aliphatic carbocycles. The molecule has 0 unspecified atom stereocenters. The summed E-state index contributed by atoms with van der Waals surface area (Å²) in [6.07, 6.45) is 2.44. The third-order valence-electron chi connectivity index (χ3n) is 5.05. The van der Waals surface area contributed by atoms with Crippen molar-refractivity contribution in [3.05, 3.63) is 85.8 Å². The highest BCUT2D eigenvalue weighted by molar-refractivity contribution is 9.10. The van der Waals surface area contributed by atoms with Crippen LogP contribution >= 0.6 is 39.1 Å². The van der Waals surface area contributed by atoms with Crippen molar-refractivity contribution in [2.24, 2.45) is 5.10 Å². The lowest BCUT2D eigenvalue weighted by molar-refractivity contribution is -0.119. The molecule has 37 heavy (non-hydrogen) atoms. The van der Waals surface area contributed by atoms with Crippen LogP contribution in [0.4, 0.5) is 5.69 Å². The summed E-state index contributed by atoms with van der Waals surface area (Å²) in [7, 11) is -2.19. The molecule has 0 heterocycles. The van der Waals surface area contributed by atoms with Crippen LogP contribution in [0.5, 0.6) is 11.5 Å². The van der Waals surface area contributed by atoms with Gasteiger partial charge in [-0.05, 0) is 64.8 Å². The Balaban J connectivity index is 1.68. The Morgan fingerprint density at radius 3 is 2.46 bits per heavy atom. The van der Waals surface area contributed by atoms with Gasteiger partial charge in [0.2, 0.25) is 10.0 Å². The van der Waals surface area contributed by atoms with Gasteiger partial charge in [-0.2, -0.15) is 5.10 Å². The smallest absolute Gasteiger partial charge is 0.260 e. The van der Waals surface area contributed by atoms with Gasteiger partial charge in [0.05, 0.1) is 29.7 Å². The van der Waals surface area contributed by atoms with Gasteiger partial charge >= 0.3 is 0 Å². The Labute approximate surface area is 234 Å². The molecule has 0 aliphatic heterocycles. The number of amides is 1. The van der Waals surface area contributed by atoms with Gasteiger partial charge < -0.3 is 9.47 Å². The number of anilines is 1. The Hall–Kier alpha value is -2.79. The second kappa shape index (κ2) is 12.6. The third kappa shape index (κ3) is 8.10. The Morgan fingerprint density at radius 2 is 1.84 bits per heavy atom. The van der Waals surface area contributed by atoms with Crippen molar-refractivity contribution >= 4 is 67.0 Å². The normalized spacial score (nSPS) is 11.4. The summed E-state index contributed by atoms with van der Waals surface area (Å²) in [4.78, 5) is 12.4. The Bertz CT molecular complexity index is 1420. The number of hydrogen-bond donors (Lipinski definition) is 1. The van der Waals surface area contributed by atoms with Crippen molar-refractivity contribution in [2.75, 3.05) is 24.2 Å². The van der Waals surface area contributed by atoms with Gasteiger partial charge in [-0.3, -0.25) is 9.10 Å². The van der Waals surface area contributed by atoms with Crippen molar-refractivity contribution < 1.29 is 22.7 Å². The van der Waals surface area contributed by atoms with Gasteiger partial charge in [-0.15, -0.1) is 0 Å². The van der Waals surface area contributed by atoms with Crippen LogP contribution in [0.1, 0.15) is 16.7 Å². The fraction of sp³-hybridized carbons (Fsp3) is 0.200. The molecule has 1 amide bonds. The second-order valence-electron chi connectivity index (χ2n) is 7.96. The van der Waals surface area contributed by atoms with E-state index in [4.69, 9.17) is 32.7 Å². The number of carbonyl (C=O) groups is 1. The van der Waals surface area contributed by atoms with E-state index in [0.29, 0.717) is 37.3 Å². The van der Waals surface area contributed by atoms with Crippen molar-refractivity contribution in [1.29, 1.82) is 0 Å². The molecule has 0 atom stereocenters. The largest absolute Gasteiger partial charge is 0.493 e. The Morgan fingerprint density at radius 1 is 1.14 bits per heavy atom.